The first-order valence-corrected chi connectivity index (χ1v) is 6.07. The van der Waals surface area contributed by atoms with E-state index in [0.29, 0.717) is 11.5 Å². The van der Waals surface area contributed by atoms with E-state index in [0.717, 1.165) is 0 Å². The van der Waals surface area contributed by atoms with E-state index in [4.69, 9.17) is 0 Å². The van der Waals surface area contributed by atoms with Crippen molar-refractivity contribution in [2.75, 3.05) is 5.32 Å². The smallest absolute Gasteiger partial charge is 0.240 e. The highest BCUT2D eigenvalue weighted by Crippen LogP contribution is 2.18. The second-order valence-corrected chi connectivity index (χ2v) is 6.15. The summed E-state index contributed by atoms with van der Waals surface area (Å²) in [6.07, 6.45) is 4.57. The lowest BCUT2D eigenvalue weighted by atomic mass is 10.2. The lowest BCUT2D eigenvalue weighted by Crippen LogP contribution is -2.30. The molecular formula is C11H12BrN5O. The first-order valence-electron chi connectivity index (χ1n) is 5.28. The van der Waals surface area contributed by atoms with E-state index >= 15 is 0 Å². The lowest BCUT2D eigenvalue weighted by Gasteiger charge is -2.15. The van der Waals surface area contributed by atoms with E-state index in [9.17, 15) is 4.79 Å². The largest absolute Gasteiger partial charge is 0.324 e. The first kappa shape index (κ1) is 12.7. The monoisotopic (exact) mass is 309 g/mol. The topological polar surface area (TPSA) is 72.7 Å². The average Bonchev–Trinajstić information content (AvgIpc) is 2.82. The summed E-state index contributed by atoms with van der Waals surface area (Å²) in [6.45, 7) is 3.55. The standard InChI is InChI=1S/C11H12BrN5O/c1-11(2,12)10(18)16-8-3-4-9(14-5-8)17-7-13-6-15-17/h3-7H,1-2H3,(H,16,18). The predicted molar refractivity (Wildman–Crippen MR) is 70.8 cm³/mol. The summed E-state index contributed by atoms with van der Waals surface area (Å²) >= 11 is 3.29. The van der Waals surface area contributed by atoms with E-state index in [-0.39, 0.29) is 5.91 Å². The molecule has 0 aliphatic heterocycles. The zero-order valence-corrected chi connectivity index (χ0v) is 11.5. The highest BCUT2D eigenvalue weighted by atomic mass is 79.9. The minimum atomic E-state index is -0.614. The Labute approximate surface area is 113 Å². The van der Waals surface area contributed by atoms with Crippen molar-refractivity contribution in [3.8, 4) is 5.82 Å². The zero-order valence-electron chi connectivity index (χ0n) is 9.96. The molecule has 2 aromatic rings. The van der Waals surface area contributed by atoms with Gasteiger partial charge >= 0.3 is 0 Å². The normalized spacial score (nSPS) is 11.3. The molecule has 0 aromatic carbocycles. The van der Waals surface area contributed by atoms with Crippen molar-refractivity contribution in [3.63, 3.8) is 0 Å². The van der Waals surface area contributed by atoms with Crippen LogP contribution >= 0.6 is 15.9 Å². The summed E-state index contributed by atoms with van der Waals surface area (Å²) in [5.41, 5.74) is 0.636. The van der Waals surface area contributed by atoms with Gasteiger partial charge in [0, 0.05) is 0 Å². The van der Waals surface area contributed by atoms with Crippen LogP contribution in [0.1, 0.15) is 13.8 Å². The molecule has 18 heavy (non-hydrogen) atoms. The Balaban J connectivity index is 2.12. The Kier molecular flexibility index (Phi) is 3.42. The summed E-state index contributed by atoms with van der Waals surface area (Å²) in [5.74, 6) is 0.515. The number of hydrogen-bond acceptors (Lipinski definition) is 4. The van der Waals surface area contributed by atoms with Crippen molar-refractivity contribution in [3.05, 3.63) is 31.0 Å². The number of carbonyl (C=O) groups is 1. The number of hydrogen-bond donors (Lipinski definition) is 1. The van der Waals surface area contributed by atoms with Gasteiger partial charge < -0.3 is 5.32 Å². The number of amides is 1. The van der Waals surface area contributed by atoms with Crippen LogP contribution in [0.3, 0.4) is 0 Å². The maximum Gasteiger partial charge on any atom is 0.240 e. The Hall–Kier alpha value is -1.76. The summed E-state index contributed by atoms with van der Waals surface area (Å²) in [6, 6.07) is 3.52. The van der Waals surface area contributed by atoms with Crippen LogP contribution in [0.5, 0.6) is 0 Å². The van der Waals surface area contributed by atoms with Crippen molar-refractivity contribution in [1.29, 1.82) is 0 Å². The van der Waals surface area contributed by atoms with Crippen molar-refractivity contribution >= 4 is 27.5 Å². The molecule has 0 saturated carbocycles. The molecule has 0 aliphatic rings. The van der Waals surface area contributed by atoms with Gasteiger partial charge in [0.1, 0.15) is 12.7 Å². The van der Waals surface area contributed by atoms with Crippen LogP contribution in [0.2, 0.25) is 0 Å². The van der Waals surface area contributed by atoms with Gasteiger partial charge in [-0.25, -0.2) is 14.6 Å². The fourth-order valence-electron chi connectivity index (χ4n) is 1.20. The summed E-state index contributed by atoms with van der Waals surface area (Å²) < 4.78 is 0.928. The van der Waals surface area contributed by atoms with Crippen molar-refractivity contribution < 1.29 is 4.79 Å². The van der Waals surface area contributed by atoms with E-state index in [1.807, 2.05) is 0 Å². The SMILES string of the molecule is CC(C)(Br)C(=O)Nc1ccc(-n2cncn2)nc1. The molecule has 0 saturated heterocycles. The Morgan fingerprint density at radius 3 is 2.72 bits per heavy atom. The van der Waals surface area contributed by atoms with Gasteiger partial charge in [-0.15, -0.1) is 0 Å². The number of halogens is 1. The van der Waals surface area contributed by atoms with Crippen LogP contribution in [0.4, 0.5) is 5.69 Å². The van der Waals surface area contributed by atoms with Crippen molar-refractivity contribution in [2.45, 2.75) is 18.2 Å². The summed E-state index contributed by atoms with van der Waals surface area (Å²) in [7, 11) is 0. The van der Waals surface area contributed by atoms with E-state index in [1.54, 1.807) is 43.2 Å². The van der Waals surface area contributed by atoms with E-state index in [2.05, 4.69) is 36.3 Å². The van der Waals surface area contributed by atoms with E-state index in [1.165, 1.54) is 6.33 Å². The quantitative estimate of drug-likeness (QED) is 0.877. The molecule has 0 unspecified atom stereocenters. The van der Waals surface area contributed by atoms with Gasteiger partial charge in [0.05, 0.1) is 16.2 Å². The number of aromatic nitrogens is 4. The van der Waals surface area contributed by atoms with Crippen molar-refractivity contribution in [2.24, 2.45) is 0 Å². The second kappa shape index (κ2) is 4.85. The molecule has 1 amide bonds. The molecule has 0 bridgehead atoms. The van der Waals surface area contributed by atoms with Crippen LogP contribution in [0.15, 0.2) is 31.0 Å². The highest BCUT2D eigenvalue weighted by Gasteiger charge is 2.23. The molecule has 0 atom stereocenters. The Morgan fingerprint density at radius 2 is 2.22 bits per heavy atom. The number of carbonyl (C=O) groups excluding carboxylic acids is 1. The molecule has 0 aliphatic carbocycles. The molecule has 2 aromatic heterocycles. The minimum absolute atomic E-state index is 0.127. The van der Waals surface area contributed by atoms with Gasteiger partial charge in [-0.3, -0.25) is 4.79 Å². The van der Waals surface area contributed by atoms with Gasteiger partial charge in [-0.2, -0.15) is 5.10 Å². The molecule has 0 fully saturated rings. The van der Waals surface area contributed by atoms with Gasteiger partial charge in [0.25, 0.3) is 0 Å². The maximum absolute atomic E-state index is 11.7. The van der Waals surface area contributed by atoms with Crippen molar-refractivity contribution in [1.82, 2.24) is 19.7 Å². The van der Waals surface area contributed by atoms with Crippen LogP contribution in [-0.4, -0.2) is 30.0 Å². The zero-order chi connectivity index (χ0) is 13.2. The maximum atomic E-state index is 11.7. The summed E-state index contributed by atoms with van der Waals surface area (Å²) in [5, 5.41) is 6.73. The van der Waals surface area contributed by atoms with Gasteiger partial charge in [-0.1, -0.05) is 15.9 Å². The van der Waals surface area contributed by atoms with E-state index < -0.39 is 4.32 Å². The predicted octanol–water partition coefficient (Wildman–Crippen LogP) is 1.77. The summed E-state index contributed by atoms with van der Waals surface area (Å²) in [4.78, 5) is 19.8. The van der Waals surface area contributed by atoms with Crippen LogP contribution in [0.25, 0.3) is 5.82 Å². The Morgan fingerprint density at radius 1 is 1.44 bits per heavy atom. The molecule has 7 heteroatoms. The number of rotatable bonds is 3. The van der Waals surface area contributed by atoms with Crippen LogP contribution < -0.4 is 5.32 Å². The van der Waals surface area contributed by atoms with Crippen LogP contribution in [-0.2, 0) is 4.79 Å². The highest BCUT2D eigenvalue weighted by molar-refractivity contribution is 9.10. The number of nitrogens with one attached hydrogen (secondary N) is 1. The Bertz CT molecular complexity index is 530. The number of anilines is 1. The molecule has 0 spiro atoms. The fourth-order valence-corrected chi connectivity index (χ4v) is 1.30. The van der Waals surface area contributed by atoms with Gasteiger partial charge in [-0.05, 0) is 26.0 Å². The second-order valence-electron chi connectivity index (χ2n) is 4.17. The average molecular weight is 310 g/mol. The molecule has 94 valence electrons. The molecule has 2 rings (SSSR count). The van der Waals surface area contributed by atoms with Gasteiger partial charge in [0.15, 0.2) is 5.82 Å². The lowest BCUT2D eigenvalue weighted by molar-refractivity contribution is -0.117. The number of alkyl halides is 1. The first-order chi connectivity index (χ1) is 8.47. The molecule has 0 radical (unpaired) electrons. The third-order valence-electron chi connectivity index (χ3n) is 2.20. The minimum Gasteiger partial charge on any atom is -0.324 e. The fraction of sp³-hybridized carbons (Fsp3) is 0.273. The number of pyridine rings is 1. The van der Waals surface area contributed by atoms with Gasteiger partial charge in [0.2, 0.25) is 5.91 Å². The number of nitrogens with zero attached hydrogens (tertiary/aromatic N) is 4. The molecular weight excluding hydrogens is 298 g/mol. The molecule has 2 heterocycles. The third-order valence-corrected chi connectivity index (χ3v) is 2.56. The van der Waals surface area contributed by atoms with Crippen LogP contribution in [0, 0.1) is 0 Å². The third kappa shape index (κ3) is 2.92. The molecule has 6 nitrogen and oxygen atoms in total. The molecule has 1 N–H and O–H groups in total.